The van der Waals surface area contributed by atoms with Gasteiger partial charge < -0.3 is 53.6 Å². The van der Waals surface area contributed by atoms with E-state index in [0.717, 1.165) is 44.0 Å². The summed E-state index contributed by atoms with van der Waals surface area (Å²) in [5, 5.41) is 41.3. The van der Waals surface area contributed by atoms with Crippen molar-refractivity contribution in [3.63, 3.8) is 0 Å². The molecule has 9 aliphatic heterocycles. The second-order valence-electron chi connectivity index (χ2n) is 14.7. The van der Waals surface area contributed by atoms with Crippen LogP contribution in [-0.2, 0) is 38.4 Å². The zero-order chi connectivity index (χ0) is 38.7. The Morgan fingerprint density at radius 1 is 0.982 bits per heavy atom. The van der Waals surface area contributed by atoms with Crippen molar-refractivity contribution in [1.82, 2.24) is 0 Å². The Morgan fingerprint density at radius 2 is 1.80 bits per heavy atom. The summed E-state index contributed by atoms with van der Waals surface area (Å²) in [6.07, 6.45) is -2.57. The standard InChI is InChI=1S/C41H40N2O13/c1-50-39-27-7-6-25-34-28(12-21-4-2-20(3-5-21)9-11-51-27)54-29-14-24(53-41-37(49)36(48)35(47)30(55-41)19-52-32(46)15-31(44)45)13-23(33(29)40(34)56-38(25)39)17-43-16-22-8-10-42-26(22)18-43/h2-8,10,13-14,18,28,30,34-37,40-41,47-49H,9,11-12,15-17,19H2,1H3,(H,44,45)/p+1. The molecule has 1 saturated heterocycles. The van der Waals surface area contributed by atoms with Gasteiger partial charge in [0.15, 0.2) is 11.5 Å². The molecule has 292 valence electrons. The van der Waals surface area contributed by atoms with Crippen LogP contribution < -0.4 is 28.6 Å². The maximum absolute atomic E-state index is 11.9. The van der Waals surface area contributed by atoms with E-state index in [9.17, 15) is 24.9 Å². The Hall–Kier alpha value is -5.45. The number of aliphatic carboxylic acids is 1. The van der Waals surface area contributed by atoms with E-state index in [4.69, 9.17) is 38.3 Å². The highest BCUT2D eigenvalue weighted by atomic mass is 16.7. The van der Waals surface area contributed by atoms with Gasteiger partial charge in [0.05, 0.1) is 19.6 Å². The number of allylic oxidation sites excluding steroid dienone is 1. The molecular formula is C41H41N2O13+. The van der Waals surface area contributed by atoms with Crippen molar-refractivity contribution in [2.24, 2.45) is 4.99 Å². The predicted molar refractivity (Wildman–Crippen MR) is 194 cm³/mol. The smallest absolute Gasteiger partial charge is 0.317 e. The zero-order valence-corrected chi connectivity index (χ0v) is 30.3. The lowest BCUT2D eigenvalue weighted by Gasteiger charge is -2.40. The van der Waals surface area contributed by atoms with E-state index in [1.54, 1.807) is 19.4 Å². The van der Waals surface area contributed by atoms with Gasteiger partial charge in [0.1, 0.15) is 86.1 Å². The van der Waals surface area contributed by atoms with E-state index >= 15 is 0 Å². The summed E-state index contributed by atoms with van der Waals surface area (Å²) in [4.78, 5) is 28.5. The number of aliphatic hydroxyl groups is 3. The Balaban J connectivity index is 1.10. The molecule has 0 amide bonds. The van der Waals surface area contributed by atoms with Crippen molar-refractivity contribution < 1.29 is 68.1 Å². The SMILES string of the molecule is COc1c2ccc3c1OC1c4c(C[NH+]5C=C6N=CC=C6C5)cc(OC5OC(COC(=O)CC(=O)O)C(O)C(O)C5O)cc4OC(Cc4ccc(cc4)CCO2)C31. The fourth-order valence-electron chi connectivity index (χ4n) is 8.43. The molecule has 1 fully saturated rings. The molecule has 0 radical (unpaired) electrons. The van der Waals surface area contributed by atoms with Crippen LogP contribution in [0.25, 0.3) is 0 Å². The summed E-state index contributed by atoms with van der Waals surface area (Å²) in [5.41, 5.74) is 6.86. The van der Waals surface area contributed by atoms with Crippen LogP contribution in [0, 0.1) is 0 Å². The monoisotopic (exact) mass is 769 g/mol. The number of nitrogens with one attached hydrogen (secondary N) is 1. The van der Waals surface area contributed by atoms with Crippen LogP contribution in [0.5, 0.6) is 28.7 Å². The highest BCUT2D eigenvalue weighted by Gasteiger charge is 2.50. The number of aliphatic imine (C=N–C) groups is 1. The zero-order valence-electron chi connectivity index (χ0n) is 30.3. The van der Waals surface area contributed by atoms with Gasteiger partial charge in [-0.15, -0.1) is 0 Å². The Bertz CT molecular complexity index is 2150. The fraction of sp³-hybridized carbons (Fsp3) is 0.390. The number of ether oxygens (including phenoxy) is 7. The normalized spacial score (nSPS) is 29.2. The van der Waals surface area contributed by atoms with Gasteiger partial charge in [0, 0.05) is 47.4 Å². The molecule has 15 nitrogen and oxygen atoms in total. The van der Waals surface area contributed by atoms with Gasteiger partial charge in [0.2, 0.25) is 12.0 Å². The third-order valence-corrected chi connectivity index (χ3v) is 11.1. The number of carbonyl (C=O) groups excluding carboxylic acids is 1. The van der Waals surface area contributed by atoms with Crippen molar-refractivity contribution in [2.75, 3.05) is 26.9 Å². The number of quaternary nitrogens is 1. The number of methoxy groups -OCH3 is 1. The molecule has 3 aromatic rings. The highest BCUT2D eigenvalue weighted by molar-refractivity contribution is 5.90. The van der Waals surface area contributed by atoms with E-state index in [0.29, 0.717) is 55.5 Å². The van der Waals surface area contributed by atoms with Crippen LogP contribution in [0.4, 0.5) is 0 Å². The van der Waals surface area contributed by atoms with Gasteiger partial charge in [-0.1, -0.05) is 30.3 Å². The van der Waals surface area contributed by atoms with Crippen molar-refractivity contribution in [3.05, 3.63) is 99.9 Å². The van der Waals surface area contributed by atoms with Gasteiger partial charge in [-0.2, -0.15) is 0 Å². The Morgan fingerprint density at radius 3 is 2.59 bits per heavy atom. The number of nitrogens with zero attached hydrogens (tertiary/aromatic N) is 1. The number of esters is 1. The maximum Gasteiger partial charge on any atom is 0.317 e. The van der Waals surface area contributed by atoms with Crippen molar-refractivity contribution in [1.29, 1.82) is 0 Å². The third-order valence-electron chi connectivity index (χ3n) is 11.1. The minimum absolute atomic E-state index is 0.225. The topological polar surface area (TPSA) is 196 Å². The van der Waals surface area contributed by atoms with Crippen molar-refractivity contribution in [3.8, 4) is 28.7 Å². The summed E-state index contributed by atoms with van der Waals surface area (Å²) in [6.45, 7) is 1.07. The average Bonchev–Trinajstić information content (AvgIpc) is 3.89. The molecule has 0 saturated carbocycles. The summed E-state index contributed by atoms with van der Waals surface area (Å²) in [7, 11) is 1.60. The van der Waals surface area contributed by atoms with Crippen molar-refractivity contribution in [2.45, 2.75) is 74.6 Å². The maximum atomic E-state index is 11.9. The molecule has 0 aromatic heterocycles. The largest absolute Gasteiger partial charge is 0.490 e. The number of carboxylic acid groups (broad SMARTS) is 1. The molecule has 9 aliphatic rings. The van der Waals surface area contributed by atoms with Gasteiger partial charge in [-0.05, 0) is 29.3 Å². The Labute approximate surface area is 320 Å². The first kappa shape index (κ1) is 36.2. The predicted octanol–water partition coefficient (Wildman–Crippen LogP) is 1.31. The molecule has 0 aliphatic carbocycles. The molecule has 9 unspecified atom stereocenters. The van der Waals surface area contributed by atoms with Crippen LogP contribution >= 0.6 is 0 Å². The number of benzene rings is 3. The van der Waals surface area contributed by atoms with E-state index in [2.05, 4.69) is 35.5 Å². The molecule has 12 rings (SSSR count). The number of carboxylic acids is 1. The van der Waals surface area contributed by atoms with E-state index in [1.807, 2.05) is 24.3 Å². The second-order valence-corrected chi connectivity index (χ2v) is 14.7. The van der Waals surface area contributed by atoms with Gasteiger partial charge >= 0.3 is 11.9 Å². The fourth-order valence-corrected chi connectivity index (χ4v) is 8.43. The first-order chi connectivity index (χ1) is 27.1. The first-order valence-corrected chi connectivity index (χ1v) is 18.6. The number of hydrogen-bond acceptors (Lipinski definition) is 13. The summed E-state index contributed by atoms with van der Waals surface area (Å²) < 4.78 is 43.2. The first-order valence-electron chi connectivity index (χ1n) is 18.6. The van der Waals surface area contributed by atoms with E-state index in [-0.39, 0.29) is 17.8 Å². The van der Waals surface area contributed by atoms with Crippen LogP contribution in [0.1, 0.15) is 46.3 Å². The average molecular weight is 770 g/mol. The number of hydrogen-bond donors (Lipinski definition) is 5. The molecule has 0 spiro atoms. The lowest BCUT2D eigenvalue weighted by molar-refractivity contribution is -0.851. The van der Waals surface area contributed by atoms with Gasteiger partial charge in [-0.3, -0.25) is 19.5 Å². The molecule has 6 bridgehead atoms. The van der Waals surface area contributed by atoms with E-state index in [1.165, 1.54) is 0 Å². The number of fused-ring (bicyclic) bond motifs is 3. The lowest BCUT2D eigenvalue weighted by atomic mass is 9.80. The van der Waals surface area contributed by atoms with Gasteiger partial charge in [0.25, 0.3) is 0 Å². The quantitative estimate of drug-likeness (QED) is 0.155. The molecule has 3 aromatic carbocycles. The molecule has 9 atom stereocenters. The second kappa shape index (κ2) is 14.6. The number of carbonyl (C=O) groups is 2. The number of rotatable bonds is 9. The summed E-state index contributed by atoms with van der Waals surface area (Å²) in [6, 6.07) is 15.9. The molecular weight excluding hydrogens is 728 g/mol. The van der Waals surface area contributed by atoms with Crippen LogP contribution in [0.15, 0.2) is 77.1 Å². The lowest BCUT2D eigenvalue weighted by Crippen LogP contribution is -3.04. The molecule has 5 N–H and O–H groups in total. The highest BCUT2D eigenvalue weighted by Crippen LogP contribution is 2.59. The molecule has 56 heavy (non-hydrogen) atoms. The van der Waals surface area contributed by atoms with Crippen LogP contribution in [0.2, 0.25) is 0 Å². The van der Waals surface area contributed by atoms with E-state index < -0.39 is 61.8 Å². The van der Waals surface area contributed by atoms with Crippen LogP contribution in [-0.4, -0.2) is 102 Å². The summed E-state index contributed by atoms with van der Waals surface area (Å²) in [5.74, 6) is -0.215. The third kappa shape index (κ3) is 6.64. The molecule has 9 heterocycles. The minimum atomic E-state index is -1.74. The van der Waals surface area contributed by atoms with Gasteiger partial charge in [-0.25, -0.2) is 0 Å². The minimum Gasteiger partial charge on any atom is -0.490 e. The van der Waals surface area contributed by atoms with Crippen LogP contribution in [0.3, 0.4) is 0 Å². The molecule has 15 heteroatoms. The Kier molecular flexibility index (Phi) is 9.42. The number of aliphatic hydroxyl groups excluding tert-OH is 3. The summed E-state index contributed by atoms with van der Waals surface area (Å²) >= 11 is 0. The van der Waals surface area contributed by atoms with Crippen molar-refractivity contribution >= 4 is 18.2 Å².